The van der Waals surface area contributed by atoms with Crippen molar-refractivity contribution in [3.8, 4) is 0 Å². The van der Waals surface area contributed by atoms with Crippen molar-refractivity contribution in [3.63, 3.8) is 0 Å². The van der Waals surface area contributed by atoms with Crippen molar-refractivity contribution in [2.24, 2.45) is 5.92 Å². The number of anilines is 1. The predicted molar refractivity (Wildman–Crippen MR) is 68.7 cm³/mol. The Balaban J connectivity index is 2.09. The molecule has 1 fully saturated rings. The van der Waals surface area contributed by atoms with Crippen molar-refractivity contribution in [3.05, 3.63) is 30.3 Å². The first kappa shape index (κ1) is 11.5. The summed E-state index contributed by atoms with van der Waals surface area (Å²) in [5.74, 6) is 0.711. The SMILES string of the molecule is CC(C)C1CN(c2cc[c]cc2)CCN1C. The molecule has 0 aromatic heterocycles. The summed E-state index contributed by atoms with van der Waals surface area (Å²) in [7, 11) is 2.24. The zero-order chi connectivity index (χ0) is 11.5. The number of nitrogens with zero attached hydrogens (tertiary/aromatic N) is 2. The molecule has 1 aromatic carbocycles. The smallest absolute Gasteiger partial charge is 0.0367 e. The molecule has 0 aliphatic carbocycles. The molecule has 1 aromatic rings. The first-order chi connectivity index (χ1) is 7.68. The summed E-state index contributed by atoms with van der Waals surface area (Å²) >= 11 is 0. The molecule has 0 saturated carbocycles. The van der Waals surface area contributed by atoms with E-state index in [9.17, 15) is 0 Å². The van der Waals surface area contributed by atoms with Gasteiger partial charge < -0.3 is 4.90 Å². The van der Waals surface area contributed by atoms with E-state index in [0.29, 0.717) is 12.0 Å². The molecular formula is C14H21N2. The average Bonchev–Trinajstić information content (AvgIpc) is 2.30. The van der Waals surface area contributed by atoms with Crippen LogP contribution in [0, 0.1) is 12.0 Å². The molecule has 1 aliphatic heterocycles. The molecule has 0 spiro atoms. The van der Waals surface area contributed by atoms with Crippen LogP contribution in [-0.2, 0) is 0 Å². The van der Waals surface area contributed by atoms with Gasteiger partial charge in [0.1, 0.15) is 0 Å². The summed E-state index contributed by atoms with van der Waals surface area (Å²) in [6, 6.07) is 12.0. The molecular weight excluding hydrogens is 196 g/mol. The van der Waals surface area contributed by atoms with E-state index in [2.05, 4.69) is 48.9 Å². The Labute approximate surface area is 98.9 Å². The number of rotatable bonds is 2. The van der Waals surface area contributed by atoms with Crippen LogP contribution in [0.25, 0.3) is 0 Å². The van der Waals surface area contributed by atoms with E-state index in [1.165, 1.54) is 5.69 Å². The van der Waals surface area contributed by atoms with Crippen molar-refractivity contribution >= 4 is 5.69 Å². The second-order valence-corrected chi connectivity index (χ2v) is 5.00. The Morgan fingerprint density at radius 2 is 1.94 bits per heavy atom. The van der Waals surface area contributed by atoms with E-state index in [1.807, 2.05) is 12.1 Å². The number of benzene rings is 1. The molecule has 1 aliphatic rings. The molecule has 0 amide bonds. The van der Waals surface area contributed by atoms with Crippen LogP contribution in [0.5, 0.6) is 0 Å². The lowest BCUT2D eigenvalue weighted by atomic mass is 10.00. The third-order valence-electron chi connectivity index (χ3n) is 3.53. The minimum absolute atomic E-state index is 0.665. The zero-order valence-corrected chi connectivity index (χ0v) is 10.5. The summed E-state index contributed by atoms with van der Waals surface area (Å²) in [6.45, 7) is 8.04. The summed E-state index contributed by atoms with van der Waals surface area (Å²) in [6.07, 6.45) is 0. The quantitative estimate of drug-likeness (QED) is 0.750. The maximum atomic E-state index is 3.08. The van der Waals surface area contributed by atoms with Crippen LogP contribution in [0.3, 0.4) is 0 Å². The van der Waals surface area contributed by atoms with E-state index in [1.54, 1.807) is 0 Å². The van der Waals surface area contributed by atoms with Gasteiger partial charge in [0.2, 0.25) is 0 Å². The van der Waals surface area contributed by atoms with Gasteiger partial charge in [0.15, 0.2) is 0 Å². The van der Waals surface area contributed by atoms with Gasteiger partial charge in [-0.05, 0) is 31.2 Å². The molecule has 16 heavy (non-hydrogen) atoms. The maximum absolute atomic E-state index is 3.08. The highest BCUT2D eigenvalue weighted by Crippen LogP contribution is 2.21. The van der Waals surface area contributed by atoms with Gasteiger partial charge in [-0.15, -0.1) is 0 Å². The van der Waals surface area contributed by atoms with Gasteiger partial charge in [0, 0.05) is 31.4 Å². The van der Waals surface area contributed by atoms with Crippen LogP contribution in [0.15, 0.2) is 24.3 Å². The predicted octanol–water partition coefficient (Wildman–Crippen LogP) is 2.26. The van der Waals surface area contributed by atoms with E-state index in [4.69, 9.17) is 0 Å². The Morgan fingerprint density at radius 1 is 1.25 bits per heavy atom. The first-order valence-corrected chi connectivity index (χ1v) is 6.10. The largest absolute Gasteiger partial charge is 0.369 e. The Hall–Kier alpha value is -1.02. The number of piperazine rings is 1. The molecule has 1 heterocycles. The molecule has 2 rings (SSSR count). The highest BCUT2D eigenvalue weighted by molar-refractivity contribution is 5.46. The fraction of sp³-hybridized carbons (Fsp3) is 0.571. The highest BCUT2D eigenvalue weighted by atomic mass is 15.3. The molecule has 1 unspecified atom stereocenters. The summed E-state index contributed by atoms with van der Waals surface area (Å²) in [4.78, 5) is 4.97. The van der Waals surface area contributed by atoms with Crippen LogP contribution >= 0.6 is 0 Å². The third kappa shape index (κ3) is 2.38. The van der Waals surface area contributed by atoms with Gasteiger partial charge in [-0.2, -0.15) is 0 Å². The maximum Gasteiger partial charge on any atom is 0.0367 e. The highest BCUT2D eigenvalue weighted by Gasteiger charge is 2.26. The molecule has 0 bridgehead atoms. The summed E-state index contributed by atoms with van der Waals surface area (Å²) in [5.41, 5.74) is 1.33. The Morgan fingerprint density at radius 3 is 2.56 bits per heavy atom. The lowest BCUT2D eigenvalue weighted by Crippen LogP contribution is -2.53. The zero-order valence-electron chi connectivity index (χ0n) is 10.5. The first-order valence-electron chi connectivity index (χ1n) is 6.10. The van der Waals surface area contributed by atoms with E-state index in [0.717, 1.165) is 19.6 Å². The van der Waals surface area contributed by atoms with Crippen LogP contribution in [0.1, 0.15) is 13.8 Å². The van der Waals surface area contributed by atoms with Crippen LogP contribution in [0.4, 0.5) is 5.69 Å². The van der Waals surface area contributed by atoms with Gasteiger partial charge in [0.05, 0.1) is 0 Å². The Kier molecular flexibility index (Phi) is 3.49. The number of hydrogen-bond acceptors (Lipinski definition) is 2. The minimum atomic E-state index is 0.665. The van der Waals surface area contributed by atoms with Crippen LogP contribution < -0.4 is 4.90 Å². The monoisotopic (exact) mass is 217 g/mol. The lowest BCUT2D eigenvalue weighted by molar-refractivity contribution is 0.173. The van der Waals surface area contributed by atoms with E-state index in [-0.39, 0.29) is 0 Å². The fourth-order valence-corrected chi connectivity index (χ4v) is 2.44. The molecule has 1 saturated heterocycles. The number of likely N-dealkylation sites (N-methyl/N-ethyl adjacent to an activating group) is 1. The molecule has 2 heteroatoms. The normalized spacial score (nSPS) is 22.8. The van der Waals surface area contributed by atoms with Crippen molar-refractivity contribution in [1.29, 1.82) is 0 Å². The molecule has 87 valence electrons. The molecule has 0 N–H and O–H groups in total. The van der Waals surface area contributed by atoms with Gasteiger partial charge in [0.25, 0.3) is 0 Å². The topological polar surface area (TPSA) is 6.48 Å². The molecule has 1 radical (unpaired) electrons. The molecule has 1 atom stereocenters. The van der Waals surface area contributed by atoms with Gasteiger partial charge in [-0.3, -0.25) is 4.90 Å². The van der Waals surface area contributed by atoms with Gasteiger partial charge >= 0.3 is 0 Å². The van der Waals surface area contributed by atoms with Crippen molar-refractivity contribution in [2.75, 3.05) is 31.6 Å². The second kappa shape index (κ2) is 4.88. The average molecular weight is 217 g/mol. The van der Waals surface area contributed by atoms with Crippen LogP contribution in [0.2, 0.25) is 0 Å². The second-order valence-electron chi connectivity index (χ2n) is 5.00. The van der Waals surface area contributed by atoms with Crippen molar-refractivity contribution in [1.82, 2.24) is 4.90 Å². The van der Waals surface area contributed by atoms with E-state index >= 15 is 0 Å². The van der Waals surface area contributed by atoms with E-state index < -0.39 is 0 Å². The van der Waals surface area contributed by atoms with Gasteiger partial charge in [-0.1, -0.05) is 26.0 Å². The minimum Gasteiger partial charge on any atom is -0.369 e. The standard InChI is InChI=1S/C14H21N2/c1-12(2)14-11-16(10-9-15(14)3)13-7-5-4-6-8-13/h5-8,12,14H,9-11H2,1-3H3. The van der Waals surface area contributed by atoms with Crippen LogP contribution in [-0.4, -0.2) is 37.6 Å². The van der Waals surface area contributed by atoms with Crippen molar-refractivity contribution in [2.45, 2.75) is 19.9 Å². The fourth-order valence-electron chi connectivity index (χ4n) is 2.44. The third-order valence-corrected chi connectivity index (χ3v) is 3.53. The summed E-state index contributed by atoms with van der Waals surface area (Å²) in [5, 5.41) is 0. The lowest BCUT2D eigenvalue weighted by Gasteiger charge is -2.42. The summed E-state index contributed by atoms with van der Waals surface area (Å²) < 4.78 is 0. The Bertz CT molecular complexity index is 321. The van der Waals surface area contributed by atoms with Crippen molar-refractivity contribution < 1.29 is 0 Å². The van der Waals surface area contributed by atoms with Gasteiger partial charge in [-0.25, -0.2) is 0 Å². The molecule has 2 nitrogen and oxygen atoms in total. The number of hydrogen-bond donors (Lipinski definition) is 0.